The number of unbranched alkanes of at least 4 members (excludes halogenated alkanes) is 2. The number of allylic oxidation sites excluding steroid dienone is 5. The third-order valence-corrected chi connectivity index (χ3v) is 23.2. The zero-order valence-electron chi connectivity index (χ0n) is 54.8. The monoisotopic (exact) mass is 1470 g/mol. The summed E-state index contributed by atoms with van der Waals surface area (Å²) in [5, 5.41) is 5.48. The Balaban J connectivity index is 0.822. The van der Waals surface area contributed by atoms with Crippen LogP contribution in [0.3, 0.4) is 0 Å². The predicted octanol–water partition coefficient (Wildman–Crippen LogP) is 11.5. The van der Waals surface area contributed by atoms with Gasteiger partial charge in [-0.15, -0.1) is 0 Å². The van der Waals surface area contributed by atoms with E-state index >= 15 is 4.39 Å². The van der Waals surface area contributed by atoms with Crippen molar-refractivity contribution < 1.29 is 87.6 Å². The van der Waals surface area contributed by atoms with E-state index in [4.69, 9.17) is 39.8 Å². The Bertz CT molecular complexity index is 4040. The smallest absolute Gasteiger partial charge is 0.370 e. The topological polar surface area (TPSA) is 420 Å². The number of phosphoric ester groups is 1. The highest BCUT2D eigenvalue weighted by molar-refractivity contribution is 8.76. The van der Waals surface area contributed by atoms with Crippen LogP contribution in [-0.2, 0) is 71.6 Å². The number of nitrogen functional groups attached to an aromatic ring is 1. The van der Waals surface area contributed by atoms with Crippen molar-refractivity contribution in [3.8, 4) is 11.8 Å². The summed E-state index contributed by atoms with van der Waals surface area (Å²) in [4.78, 5) is 89.7. The Morgan fingerprint density at radius 3 is 2.42 bits per heavy atom. The highest BCUT2D eigenvalue weighted by Gasteiger charge is 2.47. The summed E-state index contributed by atoms with van der Waals surface area (Å²) in [5.74, 6) is 3.10. The molecular formula is C61H84FN10O19P3S3. The Kier molecular flexibility index (Phi) is 27.7. The number of phosphoric acid groups is 3. The molecule has 7 rings (SSSR count). The van der Waals surface area contributed by atoms with Crippen LogP contribution in [0.25, 0.3) is 21.5 Å². The molecule has 3 aliphatic rings. The average Bonchev–Trinajstić information content (AvgIpc) is 1.60. The molecule has 5 heterocycles. The van der Waals surface area contributed by atoms with E-state index < -0.39 is 75.6 Å². The minimum absolute atomic E-state index is 0.0586. The van der Waals surface area contributed by atoms with Crippen LogP contribution >= 0.6 is 45.1 Å². The lowest BCUT2D eigenvalue weighted by atomic mass is 9.77. The van der Waals surface area contributed by atoms with E-state index in [2.05, 4.69) is 146 Å². The van der Waals surface area contributed by atoms with Crippen LogP contribution in [0, 0.1) is 18.8 Å². The molecule has 4 aromatic rings. The standard InChI is InChI=1S/C61H84FN10O19P3S3/c1-8-31-70-47-27-25-41(3)35-45(47)59(4,5)51(70)22-13-10-14-23-52-60(6,46-36-44(97(83,84)85)26-28-48(46)71(52)32-9-2)29-15-11-12-20-43(73)21-18-34-95-96-40-86-33-17-24-53(74)65-30-16-19-42-38-72(56-55(42)57(75)67-58(63)66-56)54-37-49(89-61(7,62)68-69-64)50(88-54)39-87-93(79,80)91-94(81,82)90-92(76,77)78/h10,13-14,22-23,25-28,35-36,38,49-51,54H,8-9,11-12,15,17-18,20-21,24,29-34,37,39-40H2,1-7H3,(H,65,74)(H,79,80)(H,81,82)(H2,76,77,78)(H,83,84,85)(H3,63,66,67,75)/b14-10+,22-13+,52-23-/t49?,50-,51?,54-,60?,61-/m1/s1. The normalized spacial score (nSPS) is 21.5. The van der Waals surface area contributed by atoms with Crippen LogP contribution in [-0.4, -0.2) is 128 Å². The maximum absolute atomic E-state index is 15.1. The van der Waals surface area contributed by atoms with E-state index in [9.17, 15) is 50.8 Å². The minimum Gasteiger partial charge on any atom is -0.370 e. The summed E-state index contributed by atoms with van der Waals surface area (Å²) in [6.45, 7) is 14.6. The molecule has 29 nitrogen and oxygen atoms in total. The van der Waals surface area contributed by atoms with Gasteiger partial charge in [-0.1, -0.05) is 116 Å². The molecule has 0 spiro atoms. The Labute approximate surface area is 570 Å². The number of nitrogens with two attached hydrogens (primary N) is 1. The van der Waals surface area contributed by atoms with Crippen LogP contribution in [0.2, 0.25) is 0 Å². The quantitative estimate of drug-likeness (QED) is 0.00178. The van der Waals surface area contributed by atoms with E-state index in [1.807, 2.05) is 0 Å². The van der Waals surface area contributed by atoms with Gasteiger partial charge in [0.1, 0.15) is 24.1 Å². The van der Waals surface area contributed by atoms with E-state index in [0.717, 1.165) is 74.8 Å². The number of ketones is 1. The number of fused-ring (bicyclic) bond motifs is 3. The molecule has 8 atom stereocenters. The van der Waals surface area contributed by atoms with Gasteiger partial charge in [0.2, 0.25) is 11.9 Å². The molecule has 0 radical (unpaired) electrons. The second kappa shape index (κ2) is 34.1. The lowest BCUT2D eigenvalue weighted by molar-refractivity contribution is -0.178. The van der Waals surface area contributed by atoms with Gasteiger partial charge in [-0.05, 0) is 104 Å². The largest absolute Gasteiger partial charge is 0.490 e. The zero-order chi connectivity index (χ0) is 71.2. The van der Waals surface area contributed by atoms with Crippen molar-refractivity contribution in [3.05, 3.63) is 122 Å². The fourth-order valence-electron chi connectivity index (χ4n) is 12.1. The van der Waals surface area contributed by atoms with Crippen LogP contribution in [0.1, 0.15) is 147 Å². The summed E-state index contributed by atoms with van der Waals surface area (Å²) >= 11 is 0. The molecule has 0 saturated carbocycles. The molecule has 2 aromatic carbocycles. The molecule has 1 fully saturated rings. The fraction of sp³-hybridized carbons (Fsp3) is 0.541. The molecule has 1 saturated heterocycles. The van der Waals surface area contributed by atoms with E-state index in [-0.39, 0.29) is 70.0 Å². The van der Waals surface area contributed by atoms with Crippen molar-refractivity contribution in [2.75, 3.05) is 60.1 Å². The van der Waals surface area contributed by atoms with Gasteiger partial charge in [-0.3, -0.25) is 28.4 Å². The molecule has 9 N–H and O–H groups in total. The molecule has 5 unspecified atom stereocenters. The number of Topliss-reactive ketones (excluding diaryl/α,β-unsaturated/α-hetero) is 1. The first-order valence-electron chi connectivity index (χ1n) is 31.3. The van der Waals surface area contributed by atoms with Gasteiger partial charge in [0.05, 0.1) is 41.1 Å². The van der Waals surface area contributed by atoms with Crippen LogP contribution in [0.15, 0.2) is 93.5 Å². The van der Waals surface area contributed by atoms with Crippen molar-refractivity contribution in [1.29, 1.82) is 0 Å². The molecule has 3 aliphatic heterocycles. The summed E-state index contributed by atoms with van der Waals surface area (Å²) in [7, 11) is -18.7. The molecule has 1 amide bonds. The first-order valence-corrected chi connectivity index (χ1v) is 39.8. The van der Waals surface area contributed by atoms with Gasteiger partial charge < -0.3 is 59.2 Å². The second-order valence-corrected chi connectivity index (χ2v) is 32.6. The number of anilines is 3. The molecule has 97 heavy (non-hydrogen) atoms. The highest BCUT2D eigenvalue weighted by atomic mass is 33.1. The summed E-state index contributed by atoms with van der Waals surface area (Å²) in [5.41, 5.74) is 19.9. The minimum atomic E-state index is -5.91. The van der Waals surface area contributed by atoms with Crippen molar-refractivity contribution in [2.45, 2.75) is 172 Å². The Hall–Kier alpha value is -5.68. The van der Waals surface area contributed by atoms with Gasteiger partial charge in [0, 0.05) is 97.1 Å². The molecule has 0 aliphatic carbocycles. The SMILES string of the molecule is CCCN1\C(=C/C=C/C=C/C2N(CCC)c3ccc(C)cc3C2(C)C)C(C)(CCCCCC(=O)CCCSSCOCCCC(=O)NCC#Cc2cn([C@H]3CC(O[C@](C)(F)N=[N+]=[N-])[C@@H](COP(=O)(O)OP(=O)(O)OP(=O)(O)O)O3)c3nc(N)[nH]c(=O)c23)c2cc(S(=O)(=O)O)ccc21. The number of H-pyrrole nitrogens is 1. The molecule has 0 bridgehead atoms. The molecule has 36 heteroatoms. The van der Waals surface area contributed by atoms with Gasteiger partial charge in [0.25, 0.3) is 21.7 Å². The third-order valence-electron chi connectivity index (χ3n) is 16.3. The number of azide groups is 1. The first-order chi connectivity index (χ1) is 45.6. The number of benzene rings is 2. The number of hydrogen-bond acceptors (Lipinski definition) is 21. The molecule has 532 valence electrons. The van der Waals surface area contributed by atoms with Crippen molar-refractivity contribution in [1.82, 2.24) is 19.9 Å². The number of amides is 1. The van der Waals surface area contributed by atoms with E-state index in [0.29, 0.717) is 44.6 Å². The lowest BCUT2D eigenvalue weighted by Crippen LogP contribution is -2.40. The number of aromatic amines is 1. The second-order valence-electron chi connectivity index (χ2n) is 24.3. The lowest BCUT2D eigenvalue weighted by Gasteiger charge is -2.32. The molecule has 2 aromatic heterocycles. The number of aromatic nitrogens is 3. The summed E-state index contributed by atoms with van der Waals surface area (Å²) in [6, 6.07) is 11.8. The van der Waals surface area contributed by atoms with Gasteiger partial charge in [-0.25, -0.2) is 18.1 Å². The summed E-state index contributed by atoms with van der Waals surface area (Å²) < 4.78 is 116. The number of carbonyl (C=O) groups is 2. The van der Waals surface area contributed by atoms with Crippen LogP contribution < -0.4 is 26.4 Å². The van der Waals surface area contributed by atoms with Crippen LogP contribution in [0.4, 0.5) is 21.7 Å². The third kappa shape index (κ3) is 21.7. The first kappa shape index (κ1) is 78.7. The number of nitrogens with one attached hydrogen (secondary N) is 2. The molecular weight excluding hydrogens is 1380 g/mol. The number of aryl methyl sites for hydroxylation is 1. The average molecular weight is 1470 g/mol. The van der Waals surface area contributed by atoms with Crippen molar-refractivity contribution >= 4 is 95.2 Å². The number of halogens is 1. The maximum Gasteiger partial charge on any atom is 0.490 e. The van der Waals surface area contributed by atoms with E-state index in [1.54, 1.807) is 22.9 Å². The predicted molar refractivity (Wildman–Crippen MR) is 367 cm³/mol. The highest BCUT2D eigenvalue weighted by Crippen LogP contribution is 2.66. The number of hydrogen-bond donors (Lipinski definition) is 8. The number of nitrogens with zero attached hydrogens (tertiary/aromatic N) is 7. The van der Waals surface area contributed by atoms with Gasteiger partial charge >= 0.3 is 23.5 Å². The summed E-state index contributed by atoms with van der Waals surface area (Å²) in [6.07, 6.45) is 14.2. The maximum atomic E-state index is 15.1. The fourth-order valence-corrected chi connectivity index (χ4v) is 17.4. The Morgan fingerprint density at radius 2 is 1.71 bits per heavy atom. The van der Waals surface area contributed by atoms with Crippen LogP contribution in [0.5, 0.6) is 0 Å². The number of rotatable bonds is 37. The number of carbonyl (C=O) groups excluding carboxylic acids is 2. The zero-order valence-corrected chi connectivity index (χ0v) is 59.9. The van der Waals surface area contributed by atoms with Crippen molar-refractivity contribution in [3.63, 3.8) is 0 Å². The van der Waals surface area contributed by atoms with E-state index in [1.165, 1.54) is 44.4 Å². The van der Waals surface area contributed by atoms with Gasteiger partial charge in [-0.2, -0.15) is 22.0 Å². The Morgan fingerprint density at radius 1 is 0.979 bits per heavy atom. The number of ether oxygens (including phenoxy) is 3. The number of alkyl halides is 1. The van der Waals surface area contributed by atoms with Crippen molar-refractivity contribution in [2.24, 2.45) is 5.11 Å². The van der Waals surface area contributed by atoms with Gasteiger partial charge in [0.15, 0.2) is 5.65 Å².